The van der Waals surface area contributed by atoms with Crippen molar-refractivity contribution in [3.63, 3.8) is 0 Å². The Morgan fingerprint density at radius 1 is 1.42 bits per heavy atom. The van der Waals surface area contributed by atoms with Gasteiger partial charge in [0.1, 0.15) is 10.7 Å². The van der Waals surface area contributed by atoms with E-state index < -0.39 is 16.0 Å². The minimum atomic E-state index is -3.62. The topological polar surface area (TPSA) is 88.9 Å². The van der Waals surface area contributed by atoms with Gasteiger partial charge >= 0.3 is 5.97 Å². The number of ether oxygens (including phenoxy) is 1. The van der Waals surface area contributed by atoms with E-state index in [0.717, 1.165) is 0 Å². The summed E-state index contributed by atoms with van der Waals surface area (Å²) in [5.41, 5.74) is 0. The van der Waals surface area contributed by atoms with Crippen molar-refractivity contribution < 1.29 is 22.4 Å². The molecule has 1 fully saturated rings. The second-order valence-electron chi connectivity index (χ2n) is 4.18. The Morgan fingerprint density at radius 2 is 2.05 bits per heavy atom. The van der Waals surface area contributed by atoms with Crippen molar-refractivity contribution >= 4 is 16.0 Å². The van der Waals surface area contributed by atoms with Crippen LogP contribution in [-0.4, -0.2) is 52.0 Å². The van der Waals surface area contributed by atoms with E-state index in [4.69, 9.17) is 4.42 Å². The number of furan rings is 1. The van der Waals surface area contributed by atoms with Crippen molar-refractivity contribution in [1.29, 1.82) is 0 Å². The van der Waals surface area contributed by atoms with E-state index in [2.05, 4.69) is 10.1 Å². The highest BCUT2D eigenvalue weighted by molar-refractivity contribution is 7.89. The summed E-state index contributed by atoms with van der Waals surface area (Å²) in [5.74, 6) is -0.600. The SMILES string of the molecule is COC(=O)c1cc(S(=O)(=O)N2CCNCC2)c(C)o1. The molecule has 1 aromatic rings. The minimum Gasteiger partial charge on any atom is -0.463 e. The number of esters is 1. The van der Waals surface area contributed by atoms with E-state index in [1.807, 2.05) is 0 Å². The first kappa shape index (κ1) is 14.0. The van der Waals surface area contributed by atoms with E-state index in [-0.39, 0.29) is 16.4 Å². The summed E-state index contributed by atoms with van der Waals surface area (Å²) in [5, 5.41) is 3.08. The zero-order valence-corrected chi connectivity index (χ0v) is 11.6. The maximum Gasteiger partial charge on any atom is 0.373 e. The van der Waals surface area contributed by atoms with Crippen LogP contribution in [0.25, 0.3) is 0 Å². The monoisotopic (exact) mass is 288 g/mol. The molecule has 0 saturated carbocycles. The molecule has 0 bridgehead atoms. The molecule has 0 amide bonds. The Balaban J connectivity index is 2.34. The van der Waals surface area contributed by atoms with Crippen molar-refractivity contribution in [1.82, 2.24) is 9.62 Å². The predicted molar refractivity (Wildman–Crippen MR) is 66.4 cm³/mol. The van der Waals surface area contributed by atoms with E-state index in [9.17, 15) is 13.2 Å². The molecule has 106 valence electrons. The second kappa shape index (κ2) is 5.32. The fourth-order valence-corrected chi connectivity index (χ4v) is 3.55. The van der Waals surface area contributed by atoms with E-state index >= 15 is 0 Å². The number of rotatable bonds is 3. The van der Waals surface area contributed by atoms with Crippen LogP contribution in [0.3, 0.4) is 0 Å². The average Bonchev–Trinajstić information content (AvgIpc) is 2.81. The first-order valence-corrected chi connectivity index (χ1v) is 7.30. The third-order valence-electron chi connectivity index (χ3n) is 2.95. The fraction of sp³-hybridized carbons (Fsp3) is 0.545. The quantitative estimate of drug-likeness (QED) is 0.786. The molecule has 1 saturated heterocycles. The summed E-state index contributed by atoms with van der Waals surface area (Å²) >= 11 is 0. The van der Waals surface area contributed by atoms with Gasteiger partial charge in [0.2, 0.25) is 15.8 Å². The summed E-state index contributed by atoms with van der Waals surface area (Å²) in [6, 6.07) is 1.22. The minimum absolute atomic E-state index is 0.0230. The number of piperazine rings is 1. The Morgan fingerprint density at radius 3 is 2.63 bits per heavy atom. The Hall–Kier alpha value is -1.38. The van der Waals surface area contributed by atoms with Crippen LogP contribution in [0.5, 0.6) is 0 Å². The van der Waals surface area contributed by atoms with Crippen LogP contribution in [0.4, 0.5) is 0 Å². The van der Waals surface area contributed by atoms with Crippen LogP contribution in [0.2, 0.25) is 0 Å². The van der Waals surface area contributed by atoms with Crippen molar-refractivity contribution in [2.24, 2.45) is 0 Å². The summed E-state index contributed by atoms with van der Waals surface area (Å²) in [4.78, 5) is 11.4. The number of carbonyl (C=O) groups excluding carboxylic acids is 1. The molecule has 1 aliphatic rings. The third-order valence-corrected chi connectivity index (χ3v) is 4.96. The molecule has 19 heavy (non-hydrogen) atoms. The molecule has 0 radical (unpaired) electrons. The standard InChI is InChI=1S/C11H16N2O5S/c1-8-10(7-9(18-8)11(14)17-2)19(15,16)13-5-3-12-4-6-13/h7,12H,3-6H2,1-2H3. The number of carbonyl (C=O) groups is 1. The van der Waals surface area contributed by atoms with Gasteiger partial charge in [0, 0.05) is 32.2 Å². The number of hydrogen-bond donors (Lipinski definition) is 1. The lowest BCUT2D eigenvalue weighted by Gasteiger charge is -2.26. The van der Waals surface area contributed by atoms with E-state index in [1.165, 1.54) is 24.4 Å². The largest absolute Gasteiger partial charge is 0.463 e. The first-order valence-electron chi connectivity index (χ1n) is 5.86. The molecular weight excluding hydrogens is 272 g/mol. The average molecular weight is 288 g/mol. The maximum atomic E-state index is 12.4. The Kier molecular flexibility index (Phi) is 3.93. The van der Waals surface area contributed by atoms with Crippen molar-refractivity contribution in [2.75, 3.05) is 33.3 Å². The molecule has 0 atom stereocenters. The van der Waals surface area contributed by atoms with E-state index in [1.54, 1.807) is 0 Å². The lowest BCUT2D eigenvalue weighted by Crippen LogP contribution is -2.46. The molecule has 2 heterocycles. The van der Waals surface area contributed by atoms with Crippen LogP contribution >= 0.6 is 0 Å². The molecule has 1 N–H and O–H groups in total. The van der Waals surface area contributed by atoms with Crippen LogP contribution in [0.1, 0.15) is 16.3 Å². The fourth-order valence-electron chi connectivity index (χ4n) is 1.95. The highest BCUT2D eigenvalue weighted by atomic mass is 32.2. The number of sulfonamides is 1. The molecule has 1 aromatic heterocycles. The van der Waals surface area contributed by atoms with Crippen LogP contribution in [-0.2, 0) is 14.8 Å². The summed E-state index contributed by atoms with van der Waals surface area (Å²) in [6.45, 7) is 3.54. The molecule has 7 nitrogen and oxygen atoms in total. The molecule has 0 unspecified atom stereocenters. The smallest absolute Gasteiger partial charge is 0.373 e. The zero-order valence-electron chi connectivity index (χ0n) is 10.8. The summed E-state index contributed by atoms with van der Waals surface area (Å²) < 4.78 is 35.9. The van der Waals surface area contributed by atoms with Gasteiger partial charge in [0.05, 0.1) is 7.11 Å². The second-order valence-corrected chi connectivity index (χ2v) is 6.08. The van der Waals surface area contributed by atoms with Crippen molar-refractivity contribution in [3.8, 4) is 0 Å². The maximum absolute atomic E-state index is 12.4. The molecule has 1 aliphatic heterocycles. The Labute approximate surface area is 111 Å². The molecule has 0 aromatic carbocycles. The van der Waals surface area contributed by atoms with E-state index in [0.29, 0.717) is 26.2 Å². The van der Waals surface area contributed by atoms with Gasteiger partial charge in [0.25, 0.3) is 0 Å². The highest BCUT2D eigenvalue weighted by Crippen LogP contribution is 2.24. The molecule has 0 spiro atoms. The van der Waals surface area contributed by atoms with Gasteiger partial charge in [0.15, 0.2) is 0 Å². The molecular formula is C11H16N2O5S. The zero-order chi connectivity index (χ0) is 14.0. The van der Waals surface area contributed by atoms with Gasteiger partial charge in [-0.2, -0.15) is 4.31 Å². The number of nitrogens with one attached hydrogen (secondary N) is 1. The molecule has 8 heteroatoms. The van der Waals surface area contributed by atoms with Crippen molar-refractivity contribution in [2.45, 2.75) is 11.8 Å². The number of hydrogen-bond acceptors (Lipinski definition) is 6. The van der Waals surface area contributed by atoms with Crippen LogP contribution in [0, 0.1) is 6.92 Å². The van der Waals surface area contributed by atoms with Gasteiger partial charge in [-0.3, -0.25) is 0 Å². The molecule has 2 rings (SSSR count). The Bertz CT molecular complexity index is 572. The third kappa shape index (κ3) is 2.65. The highest BCUT2D eigenvalue weighted by Gasteiger charge is 2.30. The number of methoxy groups -OCH3 is 1. The van der Waals surface area contributed by atoms with Crippen molar-refractivity contribution in [3.05, 3.63) is 17.6 Å². The lowest BCUT2D eigenvalue weighted by atomic mass is 10.4. The van der Waals surface area contributed by atoms with Crippen LogP contribution in [0.15, 0.2) is 15.4 Å². The number of nitrogens with zero attached hydrogens (tertiary/aromatic N) is 1. The lowest BCUT2D eigenvalue weighted by molar-refractivity contribution is 0.0563. The summed E-state index contributed by atoms with van der Waals surface area (Å²) in [7, 11) is -2.41. The first-order chi connectivity index (χ1) is 8.96. The summed E-state index contributed by atoms with van der Waals surface area (Å²) in [6.07, 6.45) is 0. The van der Waals surface area contributed by atoms with Gasteiger partial charge < -0.3 is 14.5 Å². The molecule has 0 aliphatic carbocycles. The van der Waals surface area contributed by atoms with Gasteiger partial charge in [-0.05, 0) is 6.92 Å². The normalized spacial score (nSPS) is 17.4. The number of aryl methyl sites for hydroxylation is 1. The van der Waals surface area contributed by atoms with Crippen LogP contribution < -0.4 is 5.32 Å². The van der Waals surface area contributed by atoms with Gasteiger partial charge in [-0.15, -0.1) is 0 Å². The van der Waals surface area contributed by atoms with Gasteiger partial charge in [-0.1, -0.05) is 0 Å². The van der Waals surface area contributed by atoms with Gasteiger partial charge in [-0.25, -0.2) is 13.2 Å². The predicted octanol–water partition coefficient (Wildman–Crippen LogP) is -0.0315.